The standard InChI is InChI=1S/C15H18N4O/c1-19(10-11-5-7-18-8-6-11)14-9-12(20-2)3-4-13(14)15(16)17/h3-9H,10H2,1-2H3,(H3,16,17). The minimum Gasteiger partial charge on any atom is -0.497 e. The van der Waals surface area contributed by atoms with Crippen LogP contribution in [0.4, 0.5) is 5.69 Å². The second-order valence-corrected chi connectivity index (χ2v) is 4.51. The third-order valence-corrected chi connectivity index (χ3v) is 3.08. The molecular weight excluding hydrogens is 252 g/mol. The van der Waals surface area contributed by atoms with Crippen molar-refractivity contribution in [1.29, 1.82) is 5.41 Å². The average molecular weight is 270 g/mol. The number of amidine groups is 1. The number of benzene rings is 1. The molecule has 104 valence electrons. The summed E-state index contributed by atoms with van der Waals surface area (Å²) in [4.78, 5) is 6.04. The Morgan fingerprint density at radius 3 is 2.60 bits per heavy atom. The number of nitrogen functional groups attached to an aromatic ring is 1. The fourth-order valence-corrected chi connectivity index (χ4v) is 2.03. The normalized spacial score (nSPS) is 10.1. The van der Waals surface area contributed by atoms with Crippen LogP contribution >= 0.6 is 0 Å². The van der Waals surface area contributed by atoms with Gasteiger partial charge in [0.05, 0.1) is 12.8 Å². The number of nitrogens with zero attached hydrogens (tertiary/aromatic N) is 2. The molecule has 2 rings (SSSR count). The molecule has 5 heteroatoms. The van der Waals surface area contributed by atoms with E-state index in [-0.39, 0.29) is 5.84 Å². The summed E-state index contributed by atoms with van der Waals surface area (Å²) in [6.45, 7) is 0.704. The number of ether oxygens (including phenoxy) is 1. The largest absolute Gasteiger partial charge is 0.497 e. The van der Waals surface area contributed by atoms with Crippen LogP contribution in [0.2, 0.25) is 0 Å². The fourth-order valence-electron chi connectivity index (χ4n) is 2.03. The Labute approximate surface area is 118 Å². The first-order valence-corrected chi connectivity index (χ1v) is 6.24. The lowest BCUT2D eigenvalue weighted by molar-refractivity contribution is 0.415. The van der Waals surface area contributed by atoms with Gasteiger partial charge in [0.15, 0.2) is 0 Å². The van der Waals surface area contributed by atoms with E-state index in [1.54, 1.807) is 31.6 Å². The van der Waals surface area contributed by atoms with Gasteiger partial charge in [0.2, 0.25) is 0 Å². The molecule has 0 fully saturated rings. The Morgan fingerprint density at radius 1 is 1.30 bits per heavy atom. The molecule has 1 aromatic heterocycles. The zero-order chi connectivity index (χ0) is 14.5. The van der Waals surface area contributed by atoms with Gasteiger partial charge in [0, 0.05) is 37.6 Å². The van der Waals surface area contributed by atoms with Crippen LogP contribution in [0.25, 0.3) is 0 Å². The van der Waals surface area contributed by atoms with Crippen molar-refractivity contribution in [2.24, 2.45) is 5.73 Å². The Hall–Kier alpha value is -2.56. The van der Waals surface area contributed by atoms with Gasteiger partial charge in [-0.05, 0) is 29.8 Å². The van der Waals surface area contributed by atoms with Gasteiger partial charge in [-0.1, -0.05) is 0 Å². The van der Waals surface area contributed by atoms with E-state index >= 15 is 0 Å². The minimum atomic E-state index is 0.0456. The number of hydrogen-bond donors (Lipinski definition) is 2. The summed E-state index contributed by atoms with van der Waals surface area (Å²) >= 11 is 0. The Morgan fingerprint density at radius 2 is 2.00 bits per heavy atom. The molecule has 5 nitrogen and oxygen atoms in total. The molecule has 0 unspecified atom stereocenters. The number of nitrogens with one attached hydrogen (secondary N) is 1. The van der Waals surface area contributed by atoms with E-state index in [9.17, 15) is 0 Å². The lowest BCUT2D eigenvalue weighted by Crippen LogP contribution is -2.22. The van der Waals surface area contributed by atoms with Gasteiger partial charge >= 0.3 is 0 Å². The molecule has 20 heavy (non-hydrogen) atoms. The van der Waals surface area contributed by atoms with E-state index in [0.29, 0.717) is 12.1 Å². The second kappa shape index (κ2) is 6.06. The minimum absolute atomic E-state index is 0.0456. The van der Waals surface area contributed by atoms with Crippen LogP contribution in [0.3, 0.4) is 0 Å². The summed E-state index contributed by atoms with van der Waals surface area (Å²) in [6, 6.07) is 9.42. The molecule has 0 atom stereocenters. The number of methoxy groups -OCH3 is 1. The molecule has 0 aliphatic carbocycles. The van der Waals surface area contributed by atoms with Crippen LogP contribution in [0.5, 0.6) is 5.75 Å². The molecular formula is C15H18N4O. The van der Waals surface area contributed by atoms with Crippen molar-refractivity contribution in [1.82, 2.24) is 4.98 Å². The molecule has 0 saturated heterocycles. The summed E-state index contributed by atoms with van der Waals surface area (Å²) in [5, 5.41) is 7.68. The van der Waals surface area contributed by atoms with E-state index in [1.807, 2.05) is 30.1 Å². The highest BCUT2D eigenvalue weighted by atomic mass is 16.5. The topological polar surface area (TPSA) is 75.2 Å². The first-order chi connectivity index (χ1) is 9.61. The number of nitrogens with two attached hydrogens (primary N) is 1. The Bertz CT molecular complexity index is 598. The lowest BCUT2D eigenvalue weighted by Gasteiger charge is -2.22. The number of pyridine rings is 1. The fraction of sp³-hybridized carbons (Fsp3) is 0.200. The van der Waals surface area contributed by atoms with Crippen molar-refractivity contribution in [2.45, 2.75) is 6.54 Å². The molecule has 0 radical (unpaired) electrons. The van der Waals surface area contributed by atoms with E-state index < -0.39 is 0 Å². The molecule has 3 N–H and O–H groups in total. The molecule has 1 heterocycles. The zero-order valence-electron chi connectivity index (χ0n) is 11.6. The van der Waals surface area contributed by atoms with Crippen LogP contribution in [0.1, 0.15) is 11.1 Å². The van der Waals surface area contributed by atoms with Crippen LogP contribution in [0.15, 0.2) is 42.7 Å². The number of rotatable bonds is 5. The van der Waals surface area contributed by atoms with E-state index in [2.05, 4.69) is 4.98 Å². The van der Waals surface area contributed by atoms with E-state index in [1.165, 1.54) is 0 Å². The number of aromatic nitrogens is 1. The first kappa shape index (κ1) is 13.9. The first-order valence-electron chi connectivity index (χ1n) is 6.24. The maximum atomic E-state index is 7.68. The monoisotopic (exact) mass is 270 g/mol. The van der Waals surface area contributed by atoms with Gasteiger partial charge < -0.3 is 15.4 Å². The van der Waals surface area contributed by atoms with Crippen molar-refractivity contribution in [2.75, 3.05) is 19.1 Å². The van der Waals surface area contributed by atoms with Crippen LogP contribution in [0, 0.1) is 5.41 Å². The zero-order valence-corrected chi connectivity index (χ0v) is 11.6. The number of hydrogen-bond acceptors (Lipinski definition) is 4. The predicted octanol–water partition coefficient (Wildman–Crippen LogP) is 2.01. The smallest absolute Gasteiger partial charge is 0.124 e. The summed E-state index contributed by atoms with van der Waals surface area (Å²) in [5.41, 5.74) is 8.35. The van der Waals surface area contributed by atoms with Gasteiger partial charge in [0.25, 0.3) is 0 Å². The van der Waals surface area contributed by atoms with Gasteiger partial charge in [0.1, 0.15) is 11.6 Å². The molecule has 0 bridgehead atoms. The quantitative estimate of drug-likeness (QED) is 0.643. The molecule has 0 aliphatic rings. The van der Waals surface area contributed by atoms with Crippen molar-refractivity contribution in [3.05, 3.63) is 53.9 Å². The highest BCUT2D eigenvalue weighted by molar-refractivity contribution is 6.00. The van der Waals surface area contributed by atoms with Gasteiger partial charge in [-0.25, -0.2) is 0 Å². The second-order valence-electron chi connectivity index (χ2n) is 4.51. The van der Waals surface area contributed by atoms with Crippen molar-refractivity contribution < 1.29 is 4.74 Å². The van der Waals surface area contributed by atoms with Gasteiger partial charge in [-0.3, -0.25) is 10.4 Å². The van der Waals surface area contributed by atoms with Gasteiger partial charge in [-0.2, -0.15) is 0 Å². The molecule has 0 amide bonds. The van der Waals surface area contributed by atoms with E-state index in [0.717, 1.165) is 17.0 Å². The molecule has 2 aromatic rings. The number of anilines is 1. The van der Waals surface area contributed by atoms with Crippen molar-refractivity contribution in [3.63, 3.8) is 0 Å². The molecule has 0 aliphatic heterocycles. The maximum absolute atomic E-state index is 7.68. The summed E-state index contributed by atoms with van der Waals surface area (Å²) in [5.74, 6) is 0.788. The summed E-state index contributed by atoms with van der Waals surface area (Å²) in [7, 11) is 3.58. The average Bonchev–Trinajstić information content (AvgIpc) is 2.47. The van der Waals surface area contributed by atoms with Crippen LogP contribution in [-0.4, -0.2) is 25.0 Å². The third kappa shape index (κ3) is 3.06. The lowest BCUT2D eigenvalue weighted by atomic mass is 10.1. The maximum Gasteiger partial charge on any atom is 0.124 e. The van der Waals surface area contributed by atoms with Crippen LogP contribution < -0.4 is 15.4 Å². The highest BCUT2D eigenvalue weighted by Gasteiger charge is 2.11. The highest BCUT2D eigenvalue weighted by Crippen LogP contribution is 2.26. The molecule has 1 aromatic carbocycles. The van der Waals surface area contributed by atoms with Crippen molar-refractivity contribution >= 4 is 11.5 Å². The SMILES string of the molecule is COc1ccc(C(=N)N)c(N(C)Cc2ccncc2)c1. The van der Waals surface area contributed by atoms with Crippen LogP contribution in [-0.2, 0) is 6.54 Å². The summed E-state index contributed by atoms with van der Waals surface area (Å²) < 4.78 is 5.24. The van der Waals surface area contributed by atoms with Gasteiger partial charge in [-0.15, -0.1) is 0 Å². The predicted molar refractivity (Wildman–Crippen MR) is 80.4 cm³/mol. The molecule has 0 spiro atoms. The molecule has 0 saturated carbocycles. The Kier molecular flexibility index (Phi) is 4.20. The Balaban J connectivity index is 2.32. The third-order valence-electron chi connectivity index (χ3n) is 3.08. The van der Waals surface area contributed by atoms with E-state index in [4.69, 9.17) is 15.9 Å². The van der Waals surface area contributed by atoms with Crippen molar-refractivity contribution in [3.8, 4) is 5.75 Å². The summed E-state index contributed by atoms with van der Waals surface area (Å²) in [6.07, 6.45) is 3.53.